The molecule has 5 heteroatoms. The smallest absolute Gasteiger partial charge is 0.200 e. The van der Waals surface area contributed by atoms with Crippen LogP contribution < -0.4 is 4.74 Å². The molecule has 2 atom stereocenters. The predicted octanol–water partition coefficient (Wildman–Crippen LogP) is 2.50. The van der Waals surface area contributed by atoms with Crippen LogP contribution in [0.3, 0.4) is 0 Å². The first kappa shape index (κ1) is 12.8. The van der Waals surface area contributed by atoms with Crippen molar-refractivity contribution in [1.82, 2.24) is 0 Å². The van der Waals surface area contributed by atoms with E-state index in [1.807, 2.05) is 0 Å². The molecule has 2 bridgehead atoms. The molecule has 1 aromatic carbocycles. The molecule has 1 N–H and O–H groups in total. The van der Waals surface area contributed by atoms with E-state index < -0.39 is 17.2 Å². The monoisotopic (exact) mass is 270 g/mol. The molecule has 2 heterocycles. The van der Waals surface area contributed by atoms with Crippen molar-refractivity contribution in [1.29, 1.82) is 0 Å². The molecule has 0 spiro atoms. The van der Waals surface area contributed by atoms with Gasteiger partial charge in [0.1, 0.15) is 0 Å². The lowest BCUT2D eigenvalue weighted by Gasteiger charge is -2.37. The van der Waals surface area contributed by atoms with Crippen molar-refractivity contribution in [2.45, 2.75) is 43.5 Å². The van der Waals surface area contributed by atoms with E-state index in [2.05, 4.69) is 0 Å². The van der Waals surface area contributed by atoms with E-state index in [0.717, 1.165) is 18.9 Å². The zero-order valence-corrected chi connectivity index (χ0v) is 10.7. The summed E-state index contributed by atoms with van der Waals surface area (Å²) in [6.07, 6.45) is 2.66. The third-order valence-corrected chi connectivity index (χ3v) is 4.08. The van der Waals surface area contributed by atoms with Crippen molar-refractivity contribution in [3.63, 3.8) is 0 Å². The molecule has 0 radical (unpaired) electrons. The molecule has 3 nitrogen and oxygen atoms in total. The molecule has 1 aromatic rings. The third-order valence-electron chi connectivity index (χ3n) is 4.08. The molecule has 2 aliphatic heterocycles. The van der Waals surface area contributed by atoms with Crippen LogP contribution in [0.1, 0.15) is 31.2 Å². The van der Waals surface area contributed by atoms with Crippen molar-refractivity contribution in [3.05, 3.63) is 29.3 Å². The molecule has 2 saturated heterocycles. The Morgan fingerprint density at radius 1 is 1.26 bits per heavy atom. The topological polar surface area (TPSA) is 38.7 Å². The van der Waals surface area contributed by atoms with E-state index in [9.17, 15) is 13.9 Å². The number of benzene rings is 1. The fourth-order valence-corrected chi connectivity index (χ4v) is 3.13. The molecule has 0 aliphatic carbocycles. The number of methoxy groups -OCH3 is 1. The van der Waals surface area contributed by atoms with E-state index in [1.54, 1.807) is 0 Å². The molecule has 0 saturated carbocycles. The Morgan fingerprint density at radius 2 is 1.89 bits per heavy atom. The fourth-order valence-electron chi connectivity index (χ4n) is 3.13. The van der Waals surface area contributed by atoms with Crippen LogP contribution in [0.5, 0.6) is 5.75 Å². The van der Waals surface area contributed by atoms with Gasteiger partial charge < -0.3 is 14.6 Å². The third kappa shape index (κ3) is 2.11. The van der Waals surface area contributed by atoms with Crippen molar-refractivity contribution < 1.29 is 23.4 Å². The molecular weight excluding hydrogens is 254 g/mol. The molecular formula is C14H16F2O3. The summed E-state index contributed by atoms with van der Waals surface area (Å²) in [7, 11) is 1.28. The van der Waals surface area contributed by atoms with Gasteiger partial charge in [0, 0.05) is 12.8 Å². The number of aliphatic hydroxyl groups is 1. The number of hydrogen-bond acceptors (Lipinski definition) is 3. The van der Waals surface area contributed by atoms with Crippen molar-refractivity contribution >= 4 is 0 Å². The number of ether oxygens (including phenoxy) is 2. The van der Waals surface area contributed by atoms with Gasteiger partial charge in [0.15, 0.2) is 11.6 Å². The minimum absolute atomic E-state index is 0.00265. The zero-order valence-electron chi connectivity index (χ0n) is 10.7. The number of hydrogen-bond donors (Lipinski definition) is 1. The fraction of sp³-hybridized carbons (Fsp3) is 0.571. The number of halogens is 2. The minimum Gasteiger partial charge on any atom is -0.494 e. The van der Waals surface area contributed by atoms with E-state index in [-0.39, 0.29) is 18.0 Å². The zero-order chi connectivity index (χ0) is 13.6. The number of fused-ring (bicyclic) bond motifs is 2. The summed E-state index contributed by atoms with van der Waals surface area (Å²) < 4.78 is 37.5. The van der Waals surface area contributed by atoms with E-state index in [1.165, 1.54) is 13.2 Å². The maximum Gasteiger partial charge on any atom is 0.200 e. The maximum atomic E-state index is 13.6. The van der Waals surface area contributed by atoms with Gasteiger partial charge in [0.2, 0.25) is 5.82 Å². The summed E-state index contributed by atoms with van der Waals surface area (Å²) in [6.45, 7) is 0. The second-order valence-corrected chi connectivity index (χ2v) is 5.37. The van der Waals surface area contributed by atoms with E-state index in [0.29, 0.717) is 18.4 Å². The maximum absolute atomic E-state index is 13.6. The summed E-state index contributed by atoms with van der Waals surface area (Å²) in [5.41, 5.74) is -0.797. The van der Waals surface area contributed by atoms with Gasteiger partial charge in [-0.15, -0.1) is 0 Å². The largest absolute Gasteiger partial charge is 0.494 e. The lowest BCUT2D eigenvalue weighted by atomic mass is 9.83. The standard InChI is InChI=1S/C14H16F2O3/c1-18-12-5-8(4-11(15)13(12)16)14(17)6-9-2-3-10(7-14)19-9/h4-5,9-10,17H,2-3,6-7H2,1H3. The Kier molecular flexibility index (Phi) is 2.98. The quantitative estimate of drug-likeness (QED) is 0.897. The van der Waals surface area contributed by atoms with Gasteiger partial charge in [-0.2, -0.15) is 4.39 Å². The van der Waals surface area contributed by atoms with Crippen LogP contribution in [-0.4, -0.2) is 24.4 Å². The van der Waals surface area contributed by atoms with Crippen LogP contribution in [0.15, 0.2) is 12.1 Å². The first-order valence-corrected chi connectivity index (χ1v) is 6.43. The van der Waals surface area contributed by atoms with Crippen LogP contribution in [0, 0.1) is 11.6 Å². The summed E-state index contributed by atoms with van der Waals surface area (Å²) in [6, 6.07) is 2.44. The van der Waals surface area contributed by atoms with Gasteiger partial charge in [-0.05, 0) is 30.5 Å². The minimum atomic E-state index is -1.16. The van der Waals surface area contributed by atoms with Crippen molar-refractivity contribution in [2.75, 3.05) is 7.11 Å². The molecule has 0 amide bonds. The van der Waals surface area contributed by atoms with Crippen LogP contribution in [0.25, 0.3) is 0 Å². The van der Waals surface area contributed by atoms with Crippen LogP contribution in [0.4, 0.5) is 8.78 Å². The van der Waals surface area contributed by atoms with E-state index in [4.69, 9.17) is 9.47 Å². The van der Waals surface area contributed by atoms with Gasteiger partial charge in [0.25, 0.3) is 0 Å². The molecule has 19 heavy (non-hydrogen) atoms. The van der Waals surface area contributed by atoms with Crippen molar-refractivity contribution in [2.24, 2.45) is 0 Å². The Labute approximate surface area is 110 Å². The van der Waals surface area contributed by atoms with Crippen LogP contribution in [-0.2, 0) is 10.3 Å². The average Bonchev–Trinajstić information content (AvgIpc) is 2.72. The van der Waals surface area contributed by atoms with Gasteiger partial charge in [0.05, 0.1) is 24.9 Å². The lowest BCUT2D eigenvalue weighted by molar-refractivity contribution is -0.115. The van der Waals surface area contributed by atoms with Gasteiger partial charge in [-0.1, -0.05) is 0 Å². The molecule has 3 rings (SSSR count). The first-order chi connectivity index (χ1) is 9.01. The molecule has 104 valence electrons. The number of rotatable bonds is 2. The first-order valence-electron chi connectivity index (χ1n) is 6.43. The van der Waals surface area contributed by atoms with Gasteiger partial charge >= 0.3 is 0 Å². The lowest BCUT2D eigenvalue weighted by Crippen LogP contribution is -2.38. The molecule has 0 aromatic heterocycles. The molecule has 2 unspecified atom stereocenters. The Hall–Kier alpha value is -1.20. The summed E-state index contributed by atoms with van der Waals surface area (Å²) in [5.74, 6) is -2.20. The average molecular weight is 270 g/mol. The summed E-state index contributed by atoms with van der Waals surface area (Å²) in [5, 5.41) is 10.7. The molecule has 2 fully saturated rings. The Bertz CT molecular complexity index is 492. The second-order valence-electron chi connectivity index (χ2n) is 5.37. The second kappa shape index (κ2) is 4.42. The Balaban J connectivity index is 1.99. The normalized spacial score (nSPS) is 33.5. The van der Waals surface area contributed by atoms with Gasteiger partial charge in [-0.25, -0.2) is 4.39 Å². The molecule has 2 aliphatic rings. The van der Waals surface area contributed by atoms with E-state index >= 15 is 0 Å². The van der Waals surface area contributed by atoms with Crippen LogP contribution >= 0.6 is 0 Å². The van der Waals surface area contributed by atoms with Crippen molar-refractivity contribution in [3.8, 4) is 5.75 Å². The van der Waals surface area contributed by atoms with Gasteiger partial charge in [-0.3, -0.25) is 0 Å². The Morgan fingerprint density at radius 3 is 2.47 bits per heavy atom. The summed E-state index contributed by atoms with van der Waals surface area (Å²) in [4.78, 5) is 0. The SMILES string of the molecule is COc1cc(C2(O)CC3CCC(C2)O3)cc(F)c1F. The summed E-state index contributed by atoms with van der Waals surface area (Å²) >= 11 is 0. The highest BCUT2D eigenvalue weighted by atomic mass is 19.2. The highest BCUT2D eigenvalue weighted by molar-refractivity contribution is 5.35. The van der Waals surface area contributed by atoms with Crippen LogP contribution in [0.2, 0.25) is 0 Å². The predicted molar refractivity (Wildman–Crippen MR) is 63.9 cm³/mol. The highest BCUT2D eigenvalue weighted by Crippen LogP contribution is 2.44. The highest BCUT2D eigenvalue weighted by Gasteiger charge is 2.45.